The Morgan fingerprint density at radius 3 is 2.84 bits per heavy atom. The molecule has 1 amide bonds. The van der Waals surface area contributed by atoms with Gasteiger partial charge in [-0.05, 0) is 47.5 Å². The number of aromatic nitrogens is 3. The number of aromatic amines is 2. The molecule has 6 rings (SSSR count). The summed E-state index contributed by atoms with van der Waals surface area (Å²) in [5.41, 5.74) is 7.55. The first kappa shape index (κ1) is 18.7. The third-order valence-corrected chi connectivity index (χ3v) is 6.10. The van der Waals surface area contributed by atoms with Gasteiger partial charge in [-0.3, -0.25) is 4.79 Å². The van der Waals surface area contributed by atoms with E-state index in [9.17, 15) is 9.90 Å². The molecule has 5 N–H and O–H groups in total. The van der Waals surface area contributed by atoms with Gasteiger partial charge in [0.05, 0.1) is 23.4 Å². The molecule has 0 spiro atoms. The predicted octanol–water partition coefficient (Wildman–Crippen LogP) is 3.87. The van der Waals surface area contributed by atoms with Gasteiger partial charge in [-0.1, -0.05) is 24.3 Å². The summed E-state index contributed by atoms with van der Waals surface area (Å²) in [6.45, 7) is 1.29. The minimum Gasteiger partial charge on any atom is -0.508 e. The number of nitrogens with zero attached hydrogens (tertiary/aromatic N) is 1. The van der Waals surface area contributed by atoms with Crippen LogP contribution in [0.1, 0.15) is 38.8 Å². The molecule has 0 saturated carbocycles. The van der Waals surface area contributed by atoms with Gasteiger partial charge < -0.3 is 25.7 Å². The molecule has 32 heavy (non-hydrogen) atoms. The molecule has 5 aromatic rings. The van der Waals surface area contributed by atoms with E-state index in [2.05, 4.69) is 43.8 Å². The number of carbonyl (C=O) groups excluding carboxylic acids is 1. The van der Waals surface area contributed by atoms with Gasteiger partial charge in [0, 0.05) is 40.8 Å². The number of hydrogen-bond acceptors (Lipinski definition) is 4. The Morgan fingerprint density at radius 1 is 1.00 bits per heavy atom. The van der Waals surface area contributed by atoms with Crippen LogP contribution in [0.15, 0.2) is 67.0 Å². The van der Waals surface area contributed by atoms with E-state index in [0.717, 1.165) is 44.3 Å². The number of aromatic hydroxyl groups is 1. The van der Waals surface area contributed by atoms with E-state index in [0.29, 0.717) is 18.7 Å². The average molecular weight is 423 g/mol. The Hall–Kier alpha value is -4.10. The van der Waals surface area contributed by atoms with Crippen molar-refractivity contribution < 1.29 is 9.90 Å². The van der Waals surface area contributed by atoms with Crippen LogP contribution in [0.25, 0.3) is 21.9 Å². The lowest BCUT2D eigenvalue weighted by atomic mass is 9.95. The van der Waals surface area contributed by atoms with Crippen LogP contribution in [-0.2, 0) is 13.1 Å². The van der Waals surface area contributed by atoms with E-state index in [4.69, 9.17) is 0 Å². The number of para-hydroxylation sites is 1. The van der Waals surface area contributed by atoms with Gasteiger partial charge in [0.1, 0.15) is 5.75 Å². The standard InChI is InChI=1S/C25H21N5O2/c31-15-6-7-16-18(10-15)24(30-25(16)32)23-17-3-1-2-4-19(17)29-22(23)12-26-11-14-5-8-20-21(9-14)28-13-27-20/h1-10,13,24,26,29,31H,11-12H2,(H,27,28)(H,30,32). The van der Waals surface area contributed by atoms with Gasteiger partial charge in [0.25, 0.3) is 5.91 Å². The highest BCUT2D eigenvalue weighted by Crippen LogP contribution is 2.38. The van der Waals surface area contributed by atoms with E-state index in [1.807, 2.05) is 24.3 Å². The van der Waals surface area contributed by atoms with Crippen LogP contribution in [0.3, 0.4) is 0 Å². The van der Waals surface area contributed by atoms with Gasteiger partial charge in [-0.25, -0.2) is 4.98 Å². The molecule has 158 valence electrons. The predicted molar refractivity (Wildman–Crippen MR) is 122 cm³/mol. The van der Waals surface area contributed by atoms with E-state index < -0.39 is 0 Å². The topological polar surface area (TPSA) is 106 Å². The molecule has 3 heterocycles. The van der Waals surface area contributed by atoms with Crippen LogP contribution in [0, 0.1) is 0 Å². The summed E-state index contributed by atoms with van der Waals surface area (Å²) in [7, 11) is 0. The minimum atomic E-state index is -0.321. The molecule has 1 aliphatic heterocycles. The maximum absolute atomic E-state index is 12.6. The zero-order chi connectivity index (χ0) is 21.7. The number of carbonyl (C=O) groups is 1. The molecule has 0 radical (unpaired) electrons. The molecule has 0 bridgehead atoms. The highest BCUT2D eigenvalue weighted by atomic mass is 16.3. The summed E-state index contributed by atoms with van der Waals surface area (Å²) in [5.74, 6) is 0.0278. The monoisotopic (exact) mass is 423 g/mol. The maximum Gasteiger partial charge on any atom is 0.252 e. The number of benzene rings is 3. The number of imidazole rings is 1. The van der Waals surface area contributed by atoms with Gasteiger partial charge in [-0.15, -0.1) is 0 Å². The summed E-state index contributed by atoms with van der Waals surface area (Å²) < 4.78 is 0. The molecule has 1 unspecified atom stereocenters. The highest BCUT2D eigenvalue weighted by molar-refractivity contribution is 6.01. The lowest BCUT2D eigenvalue weighted by Crippen LogP contribution is -2.22. The molecule has 0 aliphatic carbocycles. The molecular weight excluding hydrogens is 402 g/mol. The second-order valence-corrected chi connectivity index (χ2v) is 8.10. The van der Waals surface area contributed by atoms with Crippen molar-refractivity contribution in [3.05, 3.63) is 94.9 Å². The molecule has 0 fully saturated rings. The summed E-state index contributed by atoms with van der Waals surface area (Å²) >= 11 is 0. The van der Waals surface area contributed by atoms with Crippen LogP contribution in [-0.4, -0.2) is 26.0 Å². The van der Waals surface area contributed by atoms with E-state index in [1.165, 1.54) is 0 Å². The van der Waals surface area contributed by atoms with Gasteiger partial charge >= 0.3 is 0 Å². The van der Waals surface area contributed by atoms with Crippen LogP contribution < -0.4 is 10.6 Å². The van der Waals surface area contributed by atoms with Crippen molar-refractivity contribution in [3.8, 4) is 5.75 Å². The number of rotatable bonds is 5. The number of amides is 1. The molecule has 0 saturated heterocycles. The molecule has 1 aliphatic rings. The fourth-order valence-corrected chi connectivity index (χ4v) is 4.62. The van der Waals surface area contributed by atoms with Gasteiger partial charge in [0.15, 0.2) is 0 Å². The number of phenolic OH excluding ortho intramolecular Hbond substituents is 1. The van der Waals surface area contributed by atoms with Crippen LogP contribution in [0.2, 0.25) is 0 Å². The number of H-pyrrole nitrogens is 2. The van der Waals surface area contributed by atoms with Crippen molar-refractivity contribution in [1.29, 1.82) is 0 Å². The van der Waals surface area contributed by atoms with Crippen LogP contribution >= 0.6 is 0 Å². The second-order valence-electron chi connectivity index (χ2n) is 8.10. The number of fused-ring (bicyclic) bond motifs is 3. The Labute approximate surface area is 183 Å². The Balaban J connectivity index is 1.34. The van der Waals surface area contributed by atoms with Crippen molar-refractivity contribution in [2.45, 2.75) is 19.1 Å². The summed E-state index contributed by atoms with van der Waals surface area (Å²) in [4.78, 5) is 23.5. The number of hydrogen-bond donors (Lipinski definition) is 5. The smallest absolute Gasteiger partial charge is 0.252 e. The third kappa shape index (κ3) is 3.02. The van der Waals surface area contributed by atoms with Gasteiger partial charge in [0.2, 0.25) is 0 Å². The number of nitrogens with one attached hydrogen (secondary N) is 4. The van der Waals surface area contributed by atoms with Crippen molar-refractivity contribution in [2.24, 2.45) is 0 Å². The maximum atomic E-state index is 12.6. The van der Waals surface area contributed by atoms with Crippen molar-refractivity contribution >= 4 is 27.8 Å². The van der Waals surface area contributed by atoms with Crippen molar-refractivity contribution in [1.82, 2.24) is 25.6 Å². The lowest BCUT2D eigenvalue weighted by Gasteiger charge is -2.15. The zero-order valence-electron chi connectivity index (χ0n) is 17.1. The van der Waals surface area contributed by atoms with E-state index >= 15 is 0 Å². The summed E-state index contributed by atoms with van der Waals surface area (Å²) in [6.07, 6.45) is 1.70. The minimum absolute atomic E-state index is 0.124. The first-order valence-corrected chi connectivity index (χ1v) is 10.5. The van der Waals surface area contributed by atoms with Crippen molar-refractivity contribution in [2.75, 3.05) is 0 Å². The zero-order valence-corrected chi connectivity index (χ0v) is 17.1. The summed E-state index contributed by atoms with van der Waals surface area (Å²) in [6, 6.07) is 18.8. The molecule has 3 aromatic carbocycles. The quantitative estimate of drug-likeness (QED) is 0.296. The van der Waals surface area contributed by atoms with Gasteiger partial charge in [-0.2, -0.15) is 0 Å². The number of phenols is 1. The molecular formula is C25H21N5O2. The first-order chi connectivity index (χ1) is 15.7. The van der Waals surface area contributed by atoms with E-state index in [1.54, 1.807) is 24.5 Å². The molecule has 2 aromatic heterocycles. The largest absolute Gasteiger partial charge is 0.508 e. The Kier molecular flexibility index (Phi) is 4.22. The van der Waals surface area contributed by atoms with E-state index in [-0.39, 0.29) is 17.7 Å². The summed E-state index contributed by atoms with van der Waals surface area (Å²) in [5, 5.41) is 17.7. The fraction of sp³-hybridized carbons (Fsp3) is 0.120. The molecule has 7 nitrogen and oxygen atoms in total. The highest BCUT2D eigenvalue weighted by Gasteiger charge is 2.33. The lowest BCUT2D eigenvalue weighted by molar-refractivity contribution is 0.0960. The third-order valence-electron chi connectivity index (χ3n) is 6.10. The normalized spacial score (nSPS) is 15.4. The fourth-order valence-electron chi connectivity index (χ4n) is 4.62. The first-order valence-electron chi connectivity index (χ1n) is 10.5. The Bertz CT molecular complexity index is 1480. The molecule has 7 heteroatoms. The average Bonchev–Trinajstić information content (AvgIpc) is 3.48. The van der Waals surface area contributed by atoms with Crippen LogP contribution in [0.4, 0.5) is 0 Å². The molecule has 1 atom stereocenters. The van der Waals surface area contributed by atoms with Crippen LogP contribution in [0.5, 0.6) is 5.75 Å². The Morgan fingerprint density at radius 2 is 1.91 bits per heavy atom. The second kappa shape index (κ2) is 7.25. The van der Waals surface area contributed by atoms with Crippen molar-refractivity contribution in [3.63, 3.8) is 0 Å². The SMILES string of the molecule is O=C1NC(c2c(CNCc3ccc4[nH]cnc4c3)[nH]c3ccccc23)c2cc(O)ccc21.